The van der Waals surface area contributed by atoms with Crippen LogP contribution in [0.25, 0.3) is 11.1 Å². The van der Waals surface area contributed by atoms with Crippen LogP contribution in [0, 0.1) is 0 Å². The fraction of sp³-hybridized carbons (Fsp3) is 0.200. The molecule has 0 bridgehead atoms. The van der Waals surface area contributed by atoms with Gasteiger partial charge in [0.15, 0.2) is 0 Å². The summed E-state index contributed by atoms with van der Waals surface area (Å²) >= 11 is 0. The summed E-state index contributed by atoms with van der Waals surface area (Å²) < 4.78 is 0. The summed E-state index contributed by atoms with van der Waals surface area (Å²) in [6.07, 6.45) is 0. The Morgan fingerprint density at radius 3 is 1.94 bits per heavy atom. The summed E-state index contributed by atoms with van der Waals surface area (Å²) in [5.41, 5.74) is 14.8. The minimum atomic E-state index is -0.449. The van der Waals surface area contributed by atoms with Gasteiger partial charge in [-0.2, -0.15) is 0 Å². The average molecular weight is 226 g/mol. The van der Waals surface area contributed by atoms with E-state index in [1.54, 1.807) is 0 Å². The van der Waals surface area contributed by atoms with E-state index in [0.29, 0.717) is 6.54 Å². The van der Waals surface area contributed by atoms with Gasteiger partial charge < -0.3 is 11.5 Å². The summed E-state index contributed by atoms with van der Waals surface area (Å²) in [5, 5.41) is 0. The van der Waals surface area contributed by atoms with Crippen LogP contribution in [0.5, 0.6) is 0 Å². The molecular formula is C15H18N2. The second kappa shape index (κ2) is 4.70. The molecule has 2 rings (SSSR count). The van der Waals surface area contributed by atoms with Crippen molar-refractivity contribution in [2.75, 3.05) is 6.54 Å². The highest BCUT2D eigenvalue weighted by Crippen LogP contribution is 2.23. The molecule has 17 heavy (non-hydrogen) atoms. The van der Waals surface area contributed by atoms with Gasteiger partial charge in [-0.25, -0.2) is 0 Å². The lowest BCUT2D eigenvalue weighted by atomic mass is 9.92. The van der Waals surface area contributed by atoms with Crippen LogP contribution in [0.1, 0.15) is 12.5 Å². The monoisotopic (exact) mass is 226 g/mol. The van der Waals surface area contributed by atoms with Gasteiger partial charge >= 0.3 is 0 Å². The van der Waals surface area contributed by atoms with E-state index in [4.69, 9.17) is 11.5 Å². The van der Waals surface area contributed by atoms with Gasteiger partial charge in [0, 0.05) is 6.54 Å². The molecule has 2 aromatic rings. The lowest BCUT2D eigenvalue weighted by Gasteiger charge is -2.23. The first-order valence-electron chi connectivity index (χ1n) is 5.78. The number of hydrogen-bond donors (Lipinski definition) is 2. The Morgan fingerprint density at radius 1 is 0.882 bits per heavy atom. The molecule has 0 amide bonds. The zero-order valence-electron chi connectivity index (χ0n) is 10.1. The van der Waals surface area contributed by atoms with Crippen LogP contribution < -0.4 is 11.5 Å². The predicted molar refractivity (Wildman–Crippen MR) is 72.5 cm³/mol. The van der Waals surface area contributed by atoms with E-state index >= 15 is 0 Å². The summed E-state index contributed by atoms with van der Waals surface area (Å²) in [6.45, 7) is 2.39. The van der Waals surface area contributed by atoms with Crippen LogP contribution in [0.4, 0.5) is 0 Å². The molecule has 2 heteroatoms. The summed E-state index contributed by atoms with van der Waals surface area (Å²) in [6, 6.07) is 18.6. The summed E-state index contributed by atoms with van der Waals surface area (Å²) in [4.78, 5) is 0. The van der Waals surface area contributed by atoms with E-state index in [0.717, 1.165) is 5.56 Å². The Hall–Kier alpha value is -1.64. The Balaban J connectivity index is 2.31. The number of hydrogen-bond acceptors (Lipinski definition) is 2. The topological polar surface area (TPSA) is 52.0 Å². The van der Waals surface area contributed by atoms with Crippen molar-refractivity contribution >= 4 is 0 Å². The molecule has 0 spiro atoms. The fourth-order valence-electron chi connectivity index (χ4n) is 1.79. The normalized spacial score (nSPS) is 14.3. The highest BCUT2D eigenvalue weighted by atomic mass is 14.8. The van der Waals surface area contributed by atoms with Crippen molar-refractivity contribution in [1.82, 2.24) is 0 Å². The van der Waals surface area contributed by atoms with Gasteiger partial charge in [-0.1, -0.05) is 54.6 Å². The molecule has 0 aliphatic rings. The zero-order chi connectivity index (χ0) is 12.3. The van der Waals surface area contributed by atoms with Crippen LogP contribution in [-0.2, 0) is 5.54 Å². The molecule has 0 fully saturated rings. The molecule has 88 valence electrons. The Labute approximate surface area is 102 Å². The van der Waals surface area contributed by atoms with E-state index in [1.165, 1.54) is 11.1 Å². The SMILES string of the molecule is CC(N)(CN)c1ccc(-c2ccccc2)cc1. The maximum atomic E-state index is 6.10. The third-order valence-electron chi connectivity index (χ3n) is 3.08. The van der Waals surface area contributed by atoms with E-state index < -0.39 is 5.54 Å². The largest absolute Gasteiger partial charge is 0.328 e. The number of nitrogens with two attached hydrogens (primary N) is 2. The molecule has 1 unspecified atom stereocenters. The van der Waals surface area contributed by atoms with E-state index in [9.17, 15) is 0 Å². The Kier molecular flexibility index (Phi) is 3.27. The molecule has 2 aromatic carbocycles. The van der Waals surface area contributed by atoms with Crippen LogP contribution >= 0.6 is 0 Å². The highest BCUT2D eigenvalue weighted by Gasteiger charge is 2.18. The van der Waals surface area contributed by atoms with Crippen LogP contribution in [0.3, 0.4) is 0 Å². The third kappa shape index (κ3) is 2.54. The smallest absolute Gasteiger partial charge is 0.0505 e. The molecule has 1 atom stereocenters. The van der Waals surface area contributed by atoms with Crippen molar-refractivity contribution in [3.05, 3.63) is 60.2 Å². The molecule has 0 aliphatic carbocycles. The Morgan fingerprint density at radius 2 is 1.41 bits per heavy atom. The fourth-order valence-corrected chi connectivity index (χ4v) is 1.79. The minimum absolute atomic E-state index is 0.442. The van der Waals surface area contributed by atoms with Crippen LogP contribution in [0.2, 0.25) is 0 Å². The molecule has 0 heterocycles. The number of rotatable bonds is 3. The van der Waals surface area contributed by atoms with Gasteiger partial charge in [-0.3, -0.25) is 0 Å². The lowest BCUT2D eigenvalue weighted by molar-refractivity contribution is 0.508. The van der Waals surface area contributed by atoms with Gasteiger partial charge in [0.1, 0.15) is 0 Å². The minimum Gasteiger partial charge on any atom is -0.328 e. The lowest BCUT2D eigenvalue weighted by Crippen LogP contribution is -2.40. The molecular weight excluding hydrogens is 208 g/mol. The molecule has 0 aliphatic heterocycles. The van der Waals surface area contributed by atoms with Crippen LogP contribution in [-0.4, -0.2) is 6.54 Å². The first-order chi connectivity index (χ1) is 8.13. The maximum absolute atomic E-state index is 6.10. The first-order valence-corrected chi connectivity index (χ1v) is 5.78. The summed E-state index contributed by atoms with van der Waals surface area (Å²) in [5.74, 6) is 0. The van der Waals surface area contributed by atoms with Crippen molar-refractivity contribution in [3.8, 4) is 11.1 Å². The van der Waals surface area contributed by atoms with Crippen molar-refractivity contribution < 1.29 is 0 Å². The van der Waals surface area contributed by atoms with Gasteiger partial charge in [0.05, 0.1) is 5.54 Å². The van der Waals surface area contributed by atoms with Crippen molar-refractivity contribution in [2.45, 2.75) is 12.5 Å². The molecule has 0 saturated carbocycles. The van der Waals surface area contributed by atoms with Gasteiger partial charge in [0.2, 0.25) is 0 Å². The average Bonchev–Trinajstić information content (AvgIpc) is 2.40. The van der Waals surface area contributed by atoms with Gasteiger partial charge in [-0.15, -0.1) is 0 Å². The van der Waals surface area contributed by atoms with Crippen molar-refractivity contribution in [2.24, 2.45) is 11.5 Å². The first kappa shape index (κ1) is 11.8. The summed E-state index contributed by atoms with van der Waals surface area (Å²) in [7, 11) is 0. The second-order valence-corrected chi connectivity index (χ2v) is 4.56. The molecule has 4 N–H and O–H groups in total. The number of benzene rings is 2. The van der Waals surface area contributed by atoms with Gasteiger partial charge in [-0.05, 0) is 23.6 Å². The molecule has 2 nitrogen and oxygen atoms in total. The van der Waals surface area contributed by atoms with E-state index in [1.807, 2.05) is 25.1 Å². The van der Waals surface area contributed by atoms with Crippen molar-refractivity contribution in [3.63, 3.8) is 0 Å². The highest BCUT2D eigenvalue weighted by molar-refractivity contribution is 5.63. The molecule has 0 aromatic heterocycles. The van der Waals surface area contributed by atoms with Crippen LogP contribution in [0.15, 0.2) is 54.6 Å². The van der Waals surface area contributed by atoms with E-state index in [2.05, 4.69) is 36.4 Å². The maximum Gasteiger partial charge on any atom is 0.0505 e. The third-order valence-corrected chi connectivity index (χ3v) is 3.08. The van der Waals surface area contributed by atoms with Gasteiger partial charge in [0.25, 0.3) is 0 Å². The Bertz CT molecular complexity index is 472. The predicted octanol–water partition coefficient (Wildman–Crippen LogP) is 2.49. The standard InChI is InChI=1S/C15H18N2/c1-15(17,11-16)14-9-7-13(8-10-14)12-5-3-2-4-6-12/h2-10H,11,16-17H2,1H3. The van der Waals surface area contributed by atoms with Crippen molar-refractivity contribution in [1.29, 1.82) is 0 Å². The second-order valence-electron chi connectivity index (χ2n) is 4.56. The zero-order valence-corrected chi connectivity index (χ0v) is 10.1. The molecule has 0 radical (unpaired) electrons. The molecule has 0 saturated heterocycles. The van der Waals surface area contributed by atoms with E-state index in [-0.39, 0.29) is 0 Å². The quantitative estimate of drug-likeness (QED) is 0.844.